The number of carbonyl (C=O) groups is 1. The van der Waals surface area contributed by atoms with Crippen molar-refractivity contribution in [1.29, 1.82) is 0 Å². The van der Waals surface area contributed by atoms with Crippen molar-refractivity contribution < 1.29 is 13.9 Å². The summed E-state index contributed by atoms with van der Waals surface area (Å²) in [6.07, 6.45) is 1.50. The number of ether oxygens (including phenoxy) is 1. The number of benzene rings is 2. The Morgan fingerprint density at radius 2 is 1.84 bits per heavy atom. The van der Waals surface area contributed by atoms with Gasteiger partial charge in [-0.25, -0.2) is 14.2 Å². The summed E-state index contributed by atoms with van der Waals surface area (Å²) in [5.41, 5.74) is 1.44. The minimum absolute atomic E-state index is 0.116. The van der Waals surface area contributed by atoms with Crippen LogP contribution in [0.1, 0.15) is 34.6 Å². The van der Waals surface area contributed by atoms with Gasteiger partial charge < -0.3 is 29.3 Å². The Hall–Kier alpha value is -3.63. The number of aromatic nitrogens is 3. The molecule has 43 heavy (non-hydrogen) atoms. The molecule has 11 heteroatoms. The molecule has 0 aliphatic carbocycles. The fourth-order valence-corrected chi connectivity index (χ4v) is 6.30. The van der Waals surface area contributed by atoms with E-state index in [9.17, 15) is 4.79 Å². The van der Waals surface area contributed by atoms with Crippen molar-refractivity contribution in [3.63, 3.8) is 0 Å². The van der Waals surface area contributed by atoms with Gasteiger partial charge in [0.25, 0.3) is 0 Å². The van der Waals surface area contributed by atoms with E-state index in [1.807, 2.05) is 65.1 Å². The average Bonchev–Trinajstić information content (AvgIpc) is 3.37. The van der Waals surface area contributed by atoms with Crippen LogP contribution >= 0.6 is 11.6 Å². The van der Waals surface area contributed by atoms with Crippen molar-refractivity contribution >= 4 is 51.3 Å². The molecule has 2 atom stereocenters. The minimum atomic E-state index is -0.590. The van der Waals surface area contributed by atoms with Crippen LogP contribution in [0.15, 0.2) is 36.5 Å². The van der Waals surface area contributed by atoms with Crippen LogP contribution < -0.4 is 9.80 Å². The maximum absolute atomic E-state index is 16.8. The number of amides is 1. The highest BCUT2D eigenvalue weighted by molar-refractivity contribution is 6.35. The lowest BCUT2D eigenvalue weighted by atomic mass is 10.00. The van der Waals surface area contributed by atoms with Crippen LogP contribution in [0.25, 0.3) is 32.9 Å². The second-order valence-corrected chi connectivity index (χ2v) is 13.5. The molecule has 4 aromatic rings. The number of likely N-dealkylation sites (N-methyl/N-ethyl adjacent to an activating group) is 1. The number of para-hydroxylation sites is 1. The number of H-pyrrole nitrogens is 1. The van der Waals surface area contributed by atoms with Gasteiger partial charge >= 0.3 is 6.09 Å². The van der Waals surface area contributed by atoms with Crippen molar-refractivity contribution in [1.82, 2.24) is 24.8 Å². The number of carbonyl (C=O) groups excluding carboxylic acids is 1. The molecular formula is C32H39ClFN7O2. The van der Waals surface area contributed by atoms with Gasteiger partial charge in [0, 0.05) is 67.0 Å². The topological polar surface area (TPSA) is 80.8 Å². The first-order valence-corrected chi connectivity index (χ1v) is 15.1. The van der Waals surface area contributed by atoms with Gasteiger partial charge in [-0.15, -0.1) is 0 Å². The predicted octanol–water partition coefficient (Wildman–Crippen LogP) is 6.15. The van der Waals surface area contributed by atoms with E-state index in [1.165, 1.54) is 0 Å². The smallest absolute Gasteiger partial charge is 0.410 e. The molecule has 9 nitrogen and oxygen atoms in total. The Kier molecular flexibility index (Phi) is 7.41. The van der Waals surface area contributed by atoms with Gasteiger partial charge in [0.05, 0.1) is 10.5 Å². The van der Waals surface area contributed by atoms with Crippen LogP contribution in [-0.4, -0.2) is 94.8 Å². The summed E-state index contributed by atoms with van der Waals surface area (Å²) in [4.78, 5) is 34.3. The molecule has 2 fully saturated rings. The van der Waals surface area contributed by atoms with E-state index in [1.54, 1.807) is 11.0 Å². The zero-order valence-electron chi connectivity index (χ0n) is 25.8. The number of hydrogen-bond donors (Lipinski definition) is 1. The number of anilines is 2. The Morgan fingerprint density at radius 3 is 2.53 bits per heavy atom. The molecule has 6 rings (SSSR count). The van der Waals surface area contributed by atoms with Gasteiger partial charge in [-0.2, -0.15) is 4.98 Å². The number of piperazine rings is 1. The molecule has 0 radical (unpaired) electrons. The standard InChI is InChI=1S/C32H39ClFN7O2/c1-18-15-41(31(42)43-32(3,4)5)19(2)14-40(18)29-23-13-24(33)25(22-10-8-9-20-11-12-35-27(20)22)26(34)28(23)36-30(37-29)39-16-21(17-39)38(6)7/h8-13,18-19,21,35H,14-17H2,1-7H3/t18-,19+/m0/s1. The summed E-state index contributed by atoms with van der Waals surface area (Å²) in [5.74, 6) is 0.620. The summed E-state index contributed by atoms with van der Waals surface area (Å²) in [6, 6.07) is 9.58. The SMILES string of the molecule is C[C@@H]1CN(c2nc(N3CC(N(C)C)C3)nc3c(F)c(-c4cccc5cc[nH]c45)c(Cl)cc23)[C@@H](C)CN1C(=O)OC(C)(C)C. The fraction of sp³-hybridized carbons (Fsp3) is 0.469. The second-order valence-electron chi connectivity index (χ2n) is 13.0. The van der Waals surface area contributed by atoms with Crippen LogP contribution in [0, 0.1) is 5.82 Å². The van der Waals surface area contributed by atoms with E-state index in [2.05, 4.69) is 33.8 Å². The highest BCUT2D eigenvalue weighted by Crippen LogP contribution is 2.42. The van der Waals surface area contributed by atoms with E-state index in [0.717, 1.165) is 24.0 Å². The molecule has 0 saturated carbocycles. The van der Waals surface area contributed by atoms with Gasteiger partial charge in [-0.3, -0.25) is 0 Å². The summed E-state index contributed by atoms with van der Waals surface area (Å²) >= 11 is 6.89. The molecule has 2 aromatic carbocycles. The predicted molar refractivity (Wildman–Crippen MR) is 171 cm³/mol. The molecular weight excluding hydrogens is 569 g/mol. The number of hydrogen-bond acceptors (Lipinski definition) is 7. The second kappa shape index (κ2) is 10.8. The van der Waals surface area contributed by atoms with E-state index in [4.69, 9.17) is 26.3 Å². The number of nitrogens with zero attached hydrogens (tertiary/aromatic N) is 6. The van der Waals surface area contributed by atoms with Crippen LogP contribution in [0.5, 0.6) is 0 Å². The van der Waals surface area contributed by atoms with Crippen LogP contribution in [0.3, 0.4) is 0 Å². The van der Waals surface area contributed by atoms with E-state index in [-0.39, 0.29) is 28.7 Å². The summed E-state index contributed by atoms with van der Waals surface area (Å²) < 4.78 is 22.4. The number of nitrogens with one attached hydrogen (secondary N) is 1. The number of rotatable bonds is 4. The van der Waals surface area contributed by atoms with Gasteiger partial charge in [0.2, 0.25) is 5.95 Å². The number of fused-ring (bicyclic) bond motifs is 2. The molecule has 4 heterocycles. The van der Waals surface area contributed by atoms with Crippen LogP contribution in [0.2, 0.25) is 5.02 Å². The zero-order valence-corrected chi connectivity index (χ0v) is 26.5. The lowest BCUT2D eigenvalue weighted by molar-refractivity contribution is 0.0130. The van der Waals surface area contributed by atoms with Gasteiger partial charge in [0.15, 0.2) is 5.82 Å². The molecule has 228 valence electrons. The molecule has 1 N–H and O–H groups in total. The molecule has 2 aliphatic rings. The first-order valence-electron chi connectivity index (χ1n) is 14.8. The maximum atomic E-state index is 16.8. The van der Waals surface area contributed by atoms with E-state index in [0.29, 0.717) is 47.4 Å². The van der Waals surface area contributed by atoms with Gasteiger partial charge in [-0.1, -0.05) is 29.8 Å². The summed E-state index contributed by atoms with van der Waals surface area (Å²) in [6.45, 7) is 12.1. The number of aromatic amines is 1. The number of halogens is 2. The fourth-order valence-electron chi connectivity index (χ4n) is 6.01. The highest BCUT2D eigenvalue weighted by Gasteiger charge is 2.37. The minimum Gasteiger partial charge on any atom is -0.444 e. The third-order valence-corrected chi connectivity index (χ3v) is 8.77. The molecule has 2 aromatic heterocycles. The molecule has 2 saturated heterocycles. The monoisotopic (exact) mass is 607 g/mol. The van der Waals surface area contributed by atoms with E-state index < -0.39 is 11.4 Å². The van der Waals surface area contributed by atoms with Crippen molar-refractivity contribution in [3.05, 3.63) is 47.4 Å². The zero-order chi connectivity index (χ0) is 30.8. The molecule has 0 unspecified atom stereocenters. The summed E-state index contributed by atoms with van der Waals surface area (Å²) in [5, 5.41) is 1.80. The lowest BCUT2D eigenvalue weighted by Gasteiger charge is -2.46. The van der Waals surface area contributed by atoms with Gasteiger partial charge in [-0.05, 0) is 66.2 Å². The van der Waals surface area contributed by atoms with Crippen molar-refractivity contribution in [3.8, 4) is 11.1 Å². The third-order valence-electron chi connectivity index (χ3n) is 8.47. The normalized spacial score (nSPS) is 19.9. The first-order chi connectivity index (χ1) is 20.3. The molecule has 1 amide bonds. The van der Waals surface area contributed by atoms with E-state index >= 15 is 4.39 Å². The van der Waals surface area contributed by atoms with Crippen LogP contribution in [-0.2, 0) is 4.74 Å². The first kappa shape index (κ1) is 29.4. The Balaban J connectivity index is 1.46. The lowest BCUT2D eigenvalue weighted by Crippen LogP contribution is -2.59. The molecule has 0 spiro atoms. The maximum Gasteiger partial charge on any atom is 0.410 e. The third kappa shape index (κ3) is 5.35. The largest absolute Gasteiger partial charge is 0.444 e. The van der Waals surface area contributed by atoms with Crippen molar-refractivity contribution in [2.45, 2.75) is 58.3 Å². The van der Waals surface area contributed by atoms with Gasteiger partial charge in [0.1, 0.15) is 16.9 Å². The molecule has 2 aliphatic heterocycles. The summed E-state index contributed by atoms with van der Waals surface area (Å²) in [7, 11) is 4.11. The quantitative estimate of drug-likeness (QED) is 0.298. The van der Waals surface area contributed by atoms with Crippen LogP contribution in [0.4, 0.5) is 21.0 Å². The van der Waals surface area contributed by atoms with Crippen molar-refractivity contribution in [2.24, 2.45) is 0 Å². The average molecular weight is 608 g/mol. The Labute approximate surface area is 256 Å². The van der Waals surface area contributed by atoms with Crippen molar-refractivity contribution in [2.75, 3.05) is 50.1 Å². The Bertz CT molecular complexity index is 1690. The highest BCUT2D eigenvalue weighted by atomic mass is 35.5. The molecule has 0 bridgehead atoms. The Morgan fingerprint density at radius 1 is 1.09 bits per heavy atom.